The highest BCUT2D eigenvalue weighted by Crippen LogP contribution is 2.23. The van der Waals surface area contributed by atoms with E-state index in [-0.39, 0.29) is 21.1 Å². The topological polar surface area (TPSA) is 77.5 Å². The fourth-order valence-corrected chi connectivity index (χ4v) is 3.83. The molecule has 3 rings (SSSR count). The number of ketones is 1. The highest BCUT2D eigenvalue weighted by Gasteiger charge is 2.19. The molecule has 0 aliphatic heterocycles. The molecule has 0 aliphatic carbocycles. The van der Waals surface area contributed by atoms with Crippen LogP contribution in [-0.2, 0) is 14.6 Å². The molecule has 0 spiro atoms. The van der Waals surface area contributed by atoms with Crippen molar-refractivity contribution >= 4 is 33.2 Å². The Hall–Kier alpha value is -2.96. The Bertz CT molecular complexity index is 1090. The SMILES string of the molecule is O=C(COC(=O)c1ccc(S(=O)(=O)c2ccc(Cl)cc2)cc1)c1ccccc1. The van der Waals surface area contributed by atoms with E-state index in [9.17, 15) is 18.0 Å². The number of Topliss-reactive ketones (excluding diaryl/α,β-unsaturated/α-hetero) is 1. The number of benzene rings is 3. The molecule has 0 saturated carbocycles. The molecule has 0 atom stereocenters. The Labute approximate surface area is 167 Å². The molecule has 0 bridgehead atoms. The molecule has 0 aliphatic rings. The third-order valence-corrected chi connectivity index (χ3v) is 5.99. The lowest BCUT2D eigenvalue weighted by atomic mass is 10.1. The van der Waals surface area contributed by atoms with Gasteiger partial charge in [-0.1, -0.05) is 41.9 Å². The minimum absolute atomic E-state index is 0.0340. The number of esters is 1. The van der Waals surface area contributed by atoms with Gasteiger partial charge in [-0.25, -0.2) is 13.2 Å². The summed E-state index contributed by atoms with van der Waals surface area (Å²) in [5, 5.41) is 0.432. The first-order valence-corrected chi connectivity index (χ1v) is 10.1. The molecule has 0 unspecified atom stereocenters. The first kappa shape index (κ1) is 19.8. The van der Waals surface area contributed by atoms with Gasteiger partial charge in [0.2, 0.25) is 9.84 Å². The molecule has 0 amide bonds. The average Bonchev–Trinajstić information content (AvgIpc) is 2.73. The zero-order valence-electron chi connectivity index (χ0n) is 14.5. The molecular formula is C21H15ClO5S. The fourth-order valence-electron chi connectivity index (χ4n) is 2.44. The average molecular weight is 415 g/mol. The van der Waals surface area contributed by atoms with Crippen LogP contribution < -0.4 is 0 Å². The lowest BCUT2D eigenvalue weighted by molar-refractivity contribution is 0.0474. The quantitative estimate of drug-likeness (QED) is 0.446. The molecule has 7 heteroatoms. The molecule has 0 fully saturated rings. The smallest absolute Gasteiger partial charge is 0.338 e. The molecule has 0 radical (unpaired) electrons. The van der Waals surface area contributed by atoms with E-state index in [1.54, 1.807) is 30.3 Å². The number of rotatable bonds is 6. The first-order chi connectivity index (χ1) is 13.4. The summed E-state index contributed by atoms with van der Waals surface area (Å²) in [4.78, 5) is 24.2. The van der Waals surface area contributed by atoms with Crippen LogP contribution in [0.2, 0.25) is 5.02 Å². The summed E-state index contributed by atoms with van der Waals surface area (Å²) in [5.41, 5.74) is 0.593. The Morgan fingerprint density at radius 2 is 1.29 bits per heavy atom. The molecule has 3 aromatic rings. The second-order valence-corrected chi connectivity index (χ2v) is 8.23. The van der Waals surface area contributed by atoms with Crippen molar-refractivity contribution in [2.45, 2.75) is 9.79 Å². The van der Waals surface area contributed by atoms with E-state index >= 15 is 0 Å². The van der Waals surface area contributed by atoms with Gasteiger partial charge in [0.25, 0.3) is 0 Å². The summed E-state index contributed by atoms with van der Waals surface area (Å²) >= 11 is 5.78. The van der Waals surface area contributed by atoms with E-state index in [1.165, 1.54) is 48.5 Å². The second kappa shape index (κ2) is 8.37. The van der Waals surface area contributed by atoms with Crippen LogP contribution in [0, 0.1) is 0 Å². The third-order valence-electron chi connectivity index (χ3n) is 3.95. The van der Waals surface area contributed by atoms with Crippen molar-refractivity contribution in [3.8, 4) is 0 Å². The van der Waals surface area contributed by atoms with Crippen molar-refractivity contribution < 1.29 is 22.7 Å². The molecular weight excluding hydrogens is 400 g/mol. The fraction of sp³-hybridized carbons (Fsp3) is 0.0476. The highest BCUT2D eigenvalue weighted by atomic mass is 35.5. The number of hydrogen-bond acceptors (Lipinski definition) is 5. The zero-order chi connectivity index (χ0) is 20.1. The molecule has 28 heavy (non-hydrogen) atoms. The van der Waals surface area contributed by atoms with E-state index in [0.717, 1.165) is 0 Å². The van der Waals surface area contributed by atoms with Crippen LogP contribution in [0.4, 0.5) is 0 Å². The summed E-state index contributed by atoms with van der Waals surface area (Å²) in [5.74, 6) is -1.03. The largest absolute Gasteiger partial charge is 0.454 e. The molecule has 3 aromatic carbocycles. The summed E-state index contributed by atoms with van der Waals surface area (Å²) in [6, 6.07) is 19.6. The Morgan fingerprint density at radius 3 is 1.86 bits per heavy atom. The van der Waals surface area contributed by atoms with Crippen molar-refractivity contribution in [2.75, 3.05) is 6.61 Å². The predicted molar refractivity (Wildman–Crippen MR) is 104 cm³/mol. The monoisotopic (exact) mass is 414 g/mol. The van der Waals surface area contributed by atoms with Gasteiger partial charge >= 0.3 is 5.97 Å². The summed E-state index contributed by atoms with van der Waals surface area (Å²) in [6.07, 6.45) is 0. The van der Waals surface area contributed by atoms with Crippen molar-refractivity contribution in [1.82, 2.24) is 0 Å². The number of carbonyl (C=O) groups is 2. The van der Waals surface area contributed by atoms with Gasteiger partial charge in [-0.05, 0) is 48.5 Å². The van der Waals surface area contributed by atoms with Crippen LogP contribution >= 0.6 is 11.6 Å². The third kappa shape index (κ3) is 4.47. The number of carbonyl (C=O) groups excluding carboxylic acids is 2. The van der Waals surface area contributed by atoms with Gasteiger partial charge in [0, 0.05) is 10.6 Å². The number of sulfone groups is 1. The van der Waals surface area contributed by atoms with Crippen molar-refractivity contribution in [2.24, 2.45) is 0 Å². The maximum Gasteiger partial charge on any atom is 0.338 e. The van der Waals surface area contributed by atoms with Crippen molar-refractivity contribution in [3.05, 3.63) is 95.0 Å². The molecule has 5 nitrogen and oxygen atoms in total. The molecule has 0 saturated heterocycles. The Balaban J connectivity index is 1.69. The minimum Gasteiger partial charge on any atom is -0.454 e. The minimum atomic E-state index is -3.72. The van der Waals surface area contributed by atoms with Crippen molar-refractivity contribution in [1.29, 1.82) is 0 Å². The van der Waals surface area contributed by atoms with E-state index in [4.69, 9.17) is 16.3 Å². The summed E-state index contributed by atoms with van der Waals surface area (Å²) < 4.78 is 30.2. The lowest BCUT2D eigenvalue weighted by Crippen LogP contribution is -2.14. The van der Waals surface area contributed by atoms with E-state index in [1.807, 2.05) is 0 Å². The second-order valence-electron chi connectivity index (χ2n) is 5.85. The maximum atomic E-state index is 12.6. The van der Waals surface area contributed by atoms with E-state index in [0.29, 0.717) is 10.6 Å². The van der Waals surface area contributed by atoms with Gasteiger partial charge in [-0.15, -0.1) is 0 Å². The van der Waals surface area contributed by atoms with Crippen LogP contribution in [0.15, 0.2) is 88.7 Å². The van der Waals surface area contributed by atoms with E-state index < -0.39 is 22.4 Å². The number of halogens is 1. The van der Waals surface area contributed by atoms with Crippen molar-refractivity contribution in [3.63, 3.8) is 0 Å². The molecule has 0 heterocycles. The highest BCUT2D eigenvalue weighted by molar-refractivity contribution is 7.91. The van der Waals surface area contributed by atoms with Gasteiger partial charge in [-0.2, -0.15) is 0 Å². The molecule has 0 N–H and O–H groups in total. The number of ether oxygens (including phenoxy) is 1. The predicted octanol–water partition coefficient (Wildman–Crippen LogP) is 4.21. The van der Waals surface area contributed by atoms with Gasteiger partial charge < -0.3 is 4.74 Å². The molecule has 142 valence electrons. The van der Waals surface area contributed by atoms with Crippen LogP contribution in [0.1, 0.15) is 20.7 Å². The van der Waals surface area contributed by atoms with Gasteiger partial charge in [0.05, 0.1) is 15.4 Å². The standard InChI is InChI=1S/C21H15ClO5S/c22-17-8-12-19(13-9-17)28(25,26)18-10-6-16(7-11-18)21(24)27-14-20(23)15-4-2-1-3-5-15/h1-13H,14H2. The van der Waals surface area contributed by atoms with Gasteiger partial charge in [-0.3, -0.25) is 4.79 Å². The van der Waals surface area contributed by atoms with Crippen LogP contribution in [0.25, 0.3) is 0 Å². The van der Waals surface area contributed by atoms with Gasteiger partial charge in [0.15, 0.2) is 12.4 Å². The normalized spacial score (nSPS) is 11.0. The Kier molecular flexibility index (Phi) is 5.92. The van der Waals surface area contributed by atoms with E-state index in [2.05, 4.69) is 0 Å². The first-order valence-electron chi connectivity index (χ1n) is 8.24. The lowest BCUT2D eigenvalue weighted by Gasteiger charge is -2.07. The number of hydrogen-bond donors (Lipinski definition) is 0. The van der Waals surface area contributed by atoms with Gasteiger partial charge in [0.1, 0.15) is 0 Å². The van der Waals surface area contributed by atoms with Crippen LogP contribution in [-0.4, -0.2) is 26.8 Å². The summed E-state index contributed by atoms with van der Waals surface area (Å²) in [6.45, 7) is -0.395. The van der Waals surface area contributed by atoms with Crippen LogP contribution in [0.5, 0.6) is 0 Å². The van der Waals surface area contributed by atoms with Crippen LogP contribution in [0.3, 0.4) is 0 Å². The maximum absolute atomic E-state index is 12.6. The molecule has 0 aromatic heterocycles. The zero-order valence-corrected chi connectivity index (χ0v) is 16.1. The Morgan fingerprint density at radius 1 is 0.750 bits per heavy atom. The summed E-state index contributed by atoms with van der Waals surface area (Å²) in [7, 11) is -3.72.